The molecule has 0 aliphatic rings. The van der Waals surface area contributed by atoms with Crippen LogP contribution in [0.2, 0.25) is 0 Å². The molecule has 0 aromatic heterocycles. The van der Waals surface area contributed by atoms with E-state index < -0.39 is 84.7 Å². The van der Waals surface area contributed by atoms with Crippen molar-refractivity contribution >= 4 is 63.5 Å². The molecule has 0 saturated heterocycles. The van der Waals surface area contributed by atoms with Crippen LogP contribution in [0.15, 0.2) is 90.7 Å². The average molecular weight is 770 g/mol. The number of ketones is 1. The number of hydrazone groups is 1. The summed E-state index contributed by atoms with van der Waals surface area (Å²) in [5, 5.41) is 22.2. The van der Waals surface area contributed by atoms with Gasteiger partial charge in [0.25, 0.3) is 20.2 Å². The maximum Gasteiger partial charge on any atom is 0.397 e. The third kappa shape index (κ3) is 10.4. The van der Waals surface area contributed by atoms with Crippen LogP contribution in [0, 0.1) is 0 Å². The van der Waals surface area contributed by atoms with Gasteiger partial charge in [0.15, 0.2) is 21.4 Å². The van der Waals surface area contributed by atoms with E-state index in [0.717, 1.165) is 25.1 Å². The summed E-state index contributed by atoms with van der Waals surface area (Å²) in [6.07, 6.45) is 0. The number of sulfone groups is 1. The molecule has 18 nitrogen and oxygen atoms in total. The molecule has 5 N–H and O–H groups in total. The molecule has 3 aromatic carbocycles. The molecule has 0 heterocycles. The Morgan fingerprint density at radius 1 is 0.848 bits per heavy atom. The van der Waals surface area contributed by atoms with Crippen molar-refractivity contribution in [3.05, 3.63) is 71.8 Å². The third-order valence-electron chi connectivity index (χ3n) is 5.48. The van der Waals surface area contributed by atoms with E-state index in [9.17, 15) is 52.7 Å². The van der Waals surface area contributed by atoms with E-state index in [1.54, 1.807) is 6.07 Å². The minimum atomic E-state index is -5.26. The number of amidine groups is 1. The molecule has 0 spiro atoms. The van der Waals surface area contributed by atoms with Crippen LogP contribution in [0.4, 0.5) is 11.4 Å². The number of hydrogen-bond acceptors (Lipinski definition) is 14. The second kappa shape index (κ2) is 14.8. The van der Waals surface area contributed by atoms with Crippen LogP contribution in [0.5, 0.6) is 5.75 Å². The van der Waals surface area contributed by atoms with Gasteiger partial charge in [-0.15, -0.1) is 10.2 Å². The van der Waals surface area contributed by atoms with E-state index in [2.05, 4.69) is 24.9 Å². The number of hydrogen-bond donors (Lipinski definition) is 5. The molecular weight excluding hydrogens is 748 g/mol. The zero-order valence-electron chi connectivity index (χ0n) is 22.8. The van der Waals surface area contributed by atoms with Gasteiger partial charge in [-0.25, -0.2) is 12.6 Å². The molecule has 0 saturated carbocycles. The second-order valence-electron chi connectivity index (χ2n) is 8.68. The van der Waals surface area contributed by atoms with Crippen molar-refractivity contribution in [2.45, 2.75) is 21.6 Å². The molecule has 23 heteroatoms. The summed E-state index contributed by atoms with van der Waals surface area (Å²) in [5.74, 6) is -3.20. The summed E-state index contributed by atoms with van der Waals surface area (Å²) >= 11 is 0. The van der Waals surface area contributed by atoms with Gasteiger partial charge in [-0.05, 0) is 37.3 Å². The number of rotatable bonds is 12. The first-order chi connectivity index (χ1) is 20.7. The van der Waals surface area contributed by atoms with E-state index in [-0.39, 0.29) is 39.7 Å². The number of carbonyl (C=O) groups is 1. The van der Waals surface area contributed by atoms with Crippen LogP contribution in [0.25, 0.3) is 0 Å². The first kappa shape index (κ1) is 38.5. The van der Waals surface area contributed by atoms with Crippen molar-refractivity contribution < 1.29 is 78.5 Å². The molecule has 3 rings (SSSR count). The fourth-order valence-electron chi connectivity index (χ4n) is 3.41. The van der Waals surface area contributed by atoms with Crippen molar-refractivity contribution in [3.8, 4) is 5.75 Å². The van der Waals surface area contributed by atoms with Gasteiger partial charge in [0.2, 0.25) is 5.84 Å². The number of Topliss-reactive ketones (excluding diaryl/α,β-unsaturated/α-hetero) is 1. The zero-order valence-corrected chi connectivity index (χ0v) is 27.0. The van der Waals surface area contributed by atoms with E-state index in [1.807, 2.05) is 0 Å². The molecule has 0 aliphatic heterocycles. The first-order valence-electron chi connectivity index (χ1n) is 11.8. The fraction of sp³-hybridized carbons (Fsp3) is 0.130. The van der Waals surface area contributed by atoms with Crippen molar-refractivity contribution in [2.75, 3.05) is 17.8 Å². The normalized spacial score (nSPS) is 12.9. The van der Waals surface area contributed by atoms with E-state index >= 15 is 0 Å². The van der Waals surface area contributed by atoms with Crippen LogP contribution in [-0.2, 0) is 61.7 Å². The predicted molar refractivity (Wildman–Crippen MR) is 155 cm³/mol. The monoisotopic (exact) mass is 769 g/mol. The molecule has 3 aromatic rings. The maximum absolute atomic E-state index is 12.8. The van der Waals surface area contributed by atoms with E-state index in [4.69, 9.17) is 4.55 Å². The van der Waals surface area contributed by atoms with E-state index in [1.165, 1.54) is 24.3 Å². The summed E-state index contributed by atoms with van der Waals surface area (Å²) in [4.78, 5) is 9.32. The van der Waals surface area contributed by atoms with E-state index in [0.29, 0.717) is 12.1 Å². The summed E-state index contributed by atoms with van der Waals surface area (Å²) in [6, 6.07) is 11.6. The van der Waals surface area contributed by atoms with Crippen molar-refractivity contribution in [3.63, 3.8) is 0 Å². The first-order valence-corrected chi connectivity index (χ1v) is 17.7. The molecular formula is C23H22CuN4O14S4. The molecule has 0 amide bonds. The van der Waals surface area contributed by atoms with Gasteiger partial charge in [0, 0.05) is 28.2 Å². The van der Waals surface area contributed by atoms with Gasteiger partial charge < -0.3 is 5.11 Å². The Balaban J connectivity index is 0.00000736. The summed E-state index contributed by atoms with van der Waals surface area (Å²) in [6.45, 7) is 0.0738. The molecule has 1 radical (unpaired) electrons. The molecule has 0 atom stereocenters. The van der Waals surface area contributed by atoms with Gasteiger partial charge in [-0.1, -0.05) is 30.3 Å². The van der Waals surface area contributed by atoms with Crippen LogP contribution >= 0.6 is 0 Å². The summed E-state index contributed by atoms with van der Waals surface area (Å²) in [5.41, 5.74) is 1.27. The standard InChI is InChI=1S/C23H22N4O14S4.Cu/c1-14(28)18-8-7-16(43(32,33)34)11-19(18)24-26-23(15-5-3-2-4-6-15)27-25-20-12-17(13-21(22(20)29)44(35,36)37)42(30,31)10-9-41-45(38,39)40;/h2-8,11-13,25,29H,9-10H2,1H3,(H,32,33,34)(H,35,36,37)(H,38,39,40);. The Labute approximate surface area is 273 Å². The van der Waals surface area contributed by atoms with Crippen molar-refractivity contribution in [2.24, 2.45) is 15.3 Å². The Kier molecular flexibility index (Phi) is 12.4. The summed E-state index contributed by atoms with van der Waals surface area (Å²) < 4.78 is 126. The molecule has 46 heavy (non-hydrogen) atoms. The SMILES string of the molecule is CC(=O)c1ccc(S(=O)(=O)O)cc1N=NC(=NNc1cc(S(=O)(=O)CCOS(=O)(=O)O)cc(S(=O)(=O)O)c1O)c1ccccc1.[Cu]. The molecule has 0 unspecified atom stereocenters. The maximum atomic E-state index is 12.8. The van der Waals surface area contributed by atoms with Crippen LogP contribution in [0.1, 0.15) is 22.8 Å². The number of phenolic OH excluding ortho intramolecular Hbond substituents is 1. The Morgan fingerprint density at radius 3 is 2.02 bits per heavy atom. The average Bonchev–Trinajstić information content (AvgIpc) is 2.92. The van der Waals surface area contributed by atoms with Gasteiger partial charge >= 0.3 is 10.4 Å². The number of nitrogens with zero attached hydrogens (tertiary/aromatic N) is 3. The quantitative estimate of drug-likeness (QED) is 0.0258. The Hall–Kier alpha value is -3.64. The molecule has 0 bridgehead atoms. The number of nitrogens with one attached hydrogen (secondary N) is 1. The number of phenols is 1. The number of carbonyl (C=O) groups excluding carboxylic acids is 1. The van der Waals surface area contributed by atoms with Crippen molar-refractivity contribution in [1.29, 1.82) is 0 Å². The third-order valence-corrected chi connectivity index (χ3v) is 9.32. The van der Waals surface area contributed by atoms with Gasteiger partial charge in [0.05, 0.1) is 27.8 Å². The fourth-order valence-corrected chi connectivity index (χ4v) is 6.15. The second-order valence-corrected chi connectivity index (χ2v) is 14.7. The topological polar surface area (TPSA) is 293 Å². The number of anilines is 1. The summed E-state index contributed by atoms with van der Waals surface area (Å²) in [7, 11) is -19.6. The molecule has 0 aliphatic carbocycles. The number of benzene rings is 3. The van der Waals surface area contributed by atoms with Crippen LogP contribution in [-0.4, -0.2) is 76.4 Å². The van der Waals surface area contributed by atoms with Gasteiger partial charge in [-0.3, -0.25) is 23.9 Å². The minimum absolute atomic E-state index is 0. The van der Waals surface area contributed by atoms with Gasteiger partial charge in [-0.2, -0.15) is 30.4 Å². The van der Waals surface area contributed by atoms with Gasteiger partial charge in [0.1, 0.15) is 10.6 Å². The molecule has 253 valence electrons. The molecule has 0 fully saturated rings. The Bertz CT molecular complexity index is 2140. The number of azo groups is 1. The Morgan fingerprint density at radius 2 is 1.48 bits per heavy atom. The van der Waals surface area contributed by atoms with Crippen LogP contribution < -0.4 is 5.43 Å². The number of aromatic hydroxyl groups is 1. The smallest absolute Gasteiger partial charge is 0.397 e. The minimum Gasteiger partial charge on any atom is -0.504 e. The zero-order chi connectivity index (χ0) is 33.8. The van der Waals surface area contributed by atoms with Crippen molar-refractivity contribution in [1.82, 2.24) is 0 Å². The largest absolute Gasteiger partial charge is 0.504 e. The van der Waals surface area contributed by atoms with Crippen LogP contribution in [0.3, 0.4) is 0 Å². The predicted octanol–water partition coefficient (Wildman–Crippen LogP) is 2.24.